The van der Waals surface area contributed by atoms with Gasteiger partial charge in [0.2, 0.25) is 0 Å². The summed E-state index contributed by atoms with van der Waals surface area (Å²) in [6.45, 7) is 5.08. The van der Waals surface area contributed by atoms with Crippen LogP contribution >= 0.6 is 0 Å². The number of rotatable bonds is 17. The van der Waals surface area contributed by atoms with Crippen LogP contribution in [0.5, 0.6) is 0 Å². The van der Waals surface area contributed by atoms with Crippen molar-refractivity contribution in [1.29, 1.82) is 0 Å². The number of hydrogen-bond donors (Lipinski definition) is 0. The molecule has 1 radical (unpaired) electrons. The maximum Gasteiger partial charge on any atom is 0.113 e. The van der Waals surface area contributed by atoms with E-state index in [1.54, 1.807) is 6.92 Å². The molecular weight excluding hydrogens is 260 g/mol. The third-order valence-electron chi connectivity index (χ3n) is 3.99. The average molecular weight is 300 g/mol. The van der Waals surface area contributed by atoms with Crippen LogP contribution < -0.4 is 0 Å². The van der Waals surface area contributed by atoms with Gasteiger partial charge in [-0.2, -0.15) is 0 Å². The molecule has 0 saturated heterocycles. The van der Waals surface area contributed by atoms with Gasteiger partial charge in [0.05, 0.1) is 6.61 Å². The molecule has 0 aromatic rings. The van der Waals surface area contributed by atoms with Crippen molar-refractivity contribution < 1.29 is 9.84 Å². The van der Waals surface area contributed by atoms with E-state index in [1.807, 2.05) is 0 Å². The van der Waals surface area contributed by atoms with Crippen LogP contribution in [0.4, 0.5) is 0 Å². The Morgan fingerprint density at radius 2 is 1.05 bits per heavy atom. The Kier molecular flexibility index (Phi) is 17.9. The Labute approximate surface area is 133 Å². The summed E-state index contributed by atoms with van der Waals surface area (Å²) >= 11 is 0. The second kappa shape index (κ2) is 18.0. The number of unbranched alkanes of at least 4 members (excludes halogenated alkanes) is 13. The van der Waals surface area contributed by atoms with Crippen molar-refractivity contribution in [3.63, 3.8) is 0 Å². The molecule has 2 heteroatoms. The first-order valence-electron chi connectivity index (χ1n) is 9.51. The molecule has 0 rings (SSSR count). The van der Waals surface area contributed by atoms with Gasteiger partial charge in [-0.05, 0) is 13.3 Å². The first-order chi connectivity index (χ1) is 10.3. The number of ether oxygens (including phenoxy) is 1. The SMILES string of the molecule is CCCCCCCCCCCCCCCCOCC(C)[O]. The fourth-order valence-electron chi connectivity index (χ4n) is 2.65. The van der Waals surface area contributed by atoms with Crippen molar-refractivity contribution in [2.45, 2.75) is 110 Å². The van der Waals surface area contributed by atoms with Crippen molar-refractivity contribution in [1.82, 2.24) is 0 Å². The topological polar surface area (TPSA) is 29.1 Å². The third kappa shape index (κ3) is 19.9. The molecule has 0 N–H and O–H groups in total. The van der Waals surface area contributed by atoms with Crippen LogP contribution in [-0.4, -0.2) is 19.3 Å². The molecule has 127 valence electrons. The highest BCUT2D eigenvalue weighted by molar-refractivity contribution is 4.49. The summed E-state index contributed by atoms with van der Waals surface area (Å²) in [5, 5.41) is 10.7. The van der Waals surface area contributed by atoms with E-state index in [-0.39, 0.29) is 0 Å². The Hall–Kier alpha value is -0.0800. The molecule has 21 heavy (non-hydrogen) atoms. The highest BCUT2D eigenvalue weighted by atomic mass is 16.5. The molecule has 0 heterocycles. The molecule has 0 aliphatic carbocycles. The van der Waals surface area contributed by atoms with Crippen LogP contribution in [0.1, 0.15) is 104 Å². The Morgan fingerprint density at radius 1 is 0.667 bits per heavy atom. The van der Waals surface area contributed by atoms with Crippen molar-refractivity contribution >= 4 is 0 Å². The zero-order valence-corrected chi connectivity index (χ0v) is 14.7. The molecule has 0 fully saturated rings. The maximum absolute atomic E-state index is 10.7. The van der Waals surface area contributed by atoms with Crippen LogP contribution in [0.15, 0.2) is 0 Å². The largest absolute Gasteiger partial charge is 0.379 e. The molecule has 1 atom stereocenters. The van der Waals surface area contributed by atoms with E-state index in [1.165, 1.54) is 83.5 Å². The maximum atomic E-state index is 10.7. The predicted octanol–water partition coefficient (Wildman–Crippen LogP) is 6.30. The molecule has 0 aromatic carbocycles. The van der Waals surface area contributed by atoms with Gasteiger partial charge in [0, 0.05) is 6.61 Å². The lowest BCUT2D eigenvalue weighted by Gasteiger charge is -2.05. The first kappa shape index (κ1) is 20.9. The third-order valence-corrected chi connectivity index (χ3v) is 3.99. The summed E-state index contributed by atoms with van der Waals surface area (Å²) in [6.07, 6.45) is 18.7. The number of hydrogen-bond acceptors (Lipinski definition) is 1. The van der Waals surface area contributed by atoms with Gasteiger partial charge in [0.15, 0.2) is 0 Å². The van der Waals surface area contributed by atoms with E-state index in [2.05, 4.69) is 6.92 Å². The standard InChI is InChI=1S/C19H39O2/c1-3-4-5-6-7-8-9-10-11-12-13-14-15-16-17-21-18-19(2)20/h19H,3-18H2,1-2H3. The molecule has 2 nitrogen and oxygen atoms in total. The lowest BCUT2D eigenvalue weighted by atomic mass is 10.0. The summed E-state index contributed by atoms with van der Waals surface area (Å²) in [5.74, 6) is 0. The minimum atomic E-state index is -0.573. The molecule has 1 unspecified atom stereocenters. The molecule has 0 aliphatic rings. The van der Waals surface area contributed by atoms with Gasteiger partial charge >= 0.3 is 0 Å². The summed E-state index contributed by atoms with van der Waals surface area (Å²) < 4.78 is 5.29. The average Bonchev–Trinajstić information content (AvgIpc) is 2.46. The van der Waals surface area contributed by atoms with E-state index >= 15 is 0 Å². The van der Waals surface area contributed by atoms with E-state index < -0.39 is 6.10 Å². The first-order valence-corrected chi connectivity index (χ1v) is 9.51. The molecule has 0 aromatic heterocycles. The molecule has 0 spiro atoms. The van der Waals surface area contributed by atoms with Crippen molar-refractivity contribution in [2.24, 2.45) is 0 Å². The van der Waals surface area contributed by atoms with Gasteiger partial charge in [-0.1, -0.05) is 90.4 Å². The zero-order valence-electron chi connectivity index (χ0n) is 14.7. The van der Waals surface area contributed by atoms with E-state index in [9.17, 15) is 5.11 Å². The van der Waals surface area contributed by atoms with E-state index in [0.29, 0.717) is 6.61 Å². The lowest BCUT2D eigenvalue weighted by molar-refractivity contribution is 0.00659. The second-order valence-electron chi connectivity index (χ2n) is 6.48. The highest BCUT2D eigenvalue weighted by Gasteiger charge is 1.97. The van der Waals surface area contributed by atoms with Crippen LogP contribution in [0.25, 0.3) is 0 Å². The van der Waals surface area contributed by atoms with Crippen LogP contribution in [-0.2, 0) is 9.84 Å². The van der Waals surface area contributed by atoms with Gasteiger partial charge in [-0.15, -0.1) is 0 Å². The monoisotopic (exact) mass is 299 g/mol. The highest BCUT2D eigenvalue weighted by Crippen LogP contribution is 2.12. The van der Waals surface area contributed by atoms with Crippen LogP contribution in [0.3, 0.4) is 0 Å². The summed E-state index contributed by atoms with van der Waals surface area (Å²) in [5.41, 5.74) is 0. The van der Waals surface area contributed by atoms with E-state index in [4.69, 9.17) is 4.74 Å². The van der Waals surface area contributed by atoms with Gasteiger partial charge in [0.1, 0.15) is 6.10 Å². The fourth-order valence-corrected chi connectivity index (χ4v) is 2.65. The Bertz CT molecular complexity index is 180. The fraction of sp³-hybridized carbons (Fsp3) is 1.00. The van der Waals surface area contributed by atoms with Crippen molar-refractivity contribution in [3.05, 3.63) is 0 Å². The minimum absolute atomic E-state index is 0.373. The molecule has 0 saturated carbocycles. The van der Waals surface area contributed by atoms with Crippen LogP contribution in [0, 0.1) is 0 Å². The Balaban J connectivity index is 2.93. The normalized spacial score (nSPS) is 12.7. The quantitative estimate of drug-likeness (QED) is 0.290. The summed E-state index contributed by atoms with van der Waals surface area (Å²) in [4.78, 5) is 0. The van der Waals surface area contributed by atoms with Gasteiger partial charge in [0.25, 0.3) is 0 Å². The van der Waals surface area contributed by atoms with Gasteiger partial charge in [-0.3, -0.25) is 0 Å². The molecule has 0 bridgehead atoms. The predicted molar refractivity (Wildman–Crippen MR) is 91.3 cm³/mol. The van der Waals surface area contributed by atoms with Gasteiger partial charge in [-0.25, -0.2) is 5.11 Å². The van der Waals surface area contributed by atoms with Gasteiger partial charge < -0.3 is 4.74 Å². The molecule has 0 aliphatic heterocycles. The van der Waals surface area contributed by atoms with Crippen molar-refractivity contribution in [2.75, 3.05) is 13.2 Å². The summed E-state index contributed by atoms with van der Waals surface area (Å²) in [6, 6.07) is 0. The zero-order chi connectivity index (χ0) is 15.6. The smallest absolute Gasteiger partial charge is 0.113 e. The molecular formula is C19H39O2. The lowest BCUT2D eigenvalue weighted by Crippen LogP contribution is -2.09. The van der Waals surface area contributed by atoms with Crippen LogP contribution in [0.2, 0.25) is 0 Å². The minimum Gasteiger partial charge on any atom is -0.379 e. The van der Waals surface area contributed by atoms with Crippen molar-refractivity contribution in [3.8, 4) is 0 Å². The molecule has 0 amide bonds. The summed E-state index contributed by atoms with van der Waals surface area (Å²) in [7, 11) is 0. The second-order valence-corrected chi connectivity index (χ2v) is 6.48. The van der Waals surface area contributed by atoms with E-state index in [0.717, 1.165) is 13.0 Å². The Morgan fingerprint density at radius 3 is 1.43 bits per heavy atom.